The number of azo groups is 1. The van der Waals surface area contributed by atoms with E-state index < -0.39 is 6.04 Å². The van der Waals surface area contributed by atoms with Crippen molar-refractivity contribution in [3.63, 3.8) is 0 Å². The molecule has 2 aromatic carbocycles. The van der Waals surface area contributed by atoms with Crippen molar-refractivity contribution in [2.24, 2.45) is 10.2 Å². The normalized spacial score (nSPS) is 19.1. The lowest BCUT2D eigenvalue weighted by atomic mass is 9.93. The summed E-state index contributed by atoms with van der Waals surface area (Å²) in [5.74, 6) is -0.243. The fourth-order valence-corrected chi connectivity index (χ4v) is 4.96. The molecule has 0 saturated heterocycles. The van der Waals surface area contributed by atoms with Gasteiger partial charge in [-0.15, -0.1) is 11.3 Å². The van der Waals surface area contributed by atoms with Crippen LogP contribution in [0.15, 0.2) is 64.8 Å². The van der Waals surface area contributed by atoms with Crippen LogP contribution in [0, 0.1) is 0 Å². The van der Waals surface area contributed by atoms with E-state index in [9.17, 15) is 4.79 Å². The maximum Gasteiger partial charge on any atom is 0.261 e. The molecule has 0 spiro atoms. The molecule has 0 bridgehead atoms. The van der Waals surface area contributed by atoms with Gasteiger partial charge in [-0.05, 0) is 47.5 Å². The first kappa shape index (κ1) is 21.6. The molecule has 1 N–H and O–H groups in total. The van der Waals surface area contributed by atoms with Crippen molar-refractivity contribution >= 4 is 63.6 Å². The number of thiophene rings is 1. The summed E-state index contributed by atoms with van der Waals surface area (Å²) < 4.78 is 0.546. The summed E-state index contributed by atoms with van der Waals surface area (Å²) >= 11 is 25.7. The Morgan fingerprint density at radius 1 is 0.967 bits per heavy atom. The Balaban J connectivity index is 1.61. The van der Waals surface area contributed by atoms with E-state index in [1.165, 1.54) is 11.3 Å². The molecule has 1 aromatic heterocycles. The number of benzene rings is 2. The number of hydrogen-bond donors (Lipinski definition) is 1. The number of rotatable bonds is 5. The summed E-state index contributed by atoms with van der Waals surface area (Å²) in [4.78, 5) is 13.4. The molecule has 3 aromatic rings. The molecule has 4 rings (SSSR count). The van der Waals surface area contributed by atoms with E-state index in [0.29, 0.717) is 30.7 Å². The van der Waals surface area contributed by atoms with Gasteiger partial charge in [-0.25, -0.2) is 0 Å². The van der Waals surface area contributed by atoms with Crippen molar-refractivity contribution in [2.75, 3.05) is 0 Å². The first-order chi connectivity index (χ1) is 14.4. The summed E-state index contributed by atoms with van der Waals surface area (Å²) in [5, 5.41) is 13.6. The molecule has 3 unspecified atom stereocenters. The maximum atomic E-state index is 12.9. The standard InChI is InChI=1S/C21H15Cl4N3OS/c22-12-3-1-11(2-4-12)16-10-17(28-27-16)20(14-6-5-13(23)9-15(14)24)26-21(29)18-7-8-19(25)30-18/h1-9,16-17,20H,10H2,(H,26,29). The van der Waals surface area contributed by atoms with E-state index >= 15 is 0 Å². The molecule has 1 aliphatic rings. The second-order valence-corrected chi connectivity index (χ2v) is 9.82. The van der Waals surface area contributed by atoms with Crippen LogP contribution in [0.3, 0.4) is 0 Å². The number of nitrogens with one attached hydrogen (secondary N) is 1. The highest BCUT2D eigenvalue weighted by Crippen LogP contribution is 2.39. The van der Waals surface area contributed by atoms with Crippen LogP contribution in [0.1, 0.15) is 39.3 Å². The number of carbonyl (C=O) groups excluding carboxylic acids is 1. The fourth-order valence-electron chi connectivity index (χ4n) is 3.36. The first-order valence-electron chi connectivity index (χ1n) is 9.07. The lowest BCUT2D eigenvalue weighted by Crippen LogP contribution is -2.35. The van der Waals surface area contributed by atoms with Gasteiger partial charge in [0.1, 0.15) is 0 Å². The summed E-state index contributed by atoms with van der Waals surface area (Å²) in [5.41, 5.74) is 1.75. The van der Waals surface area contributed by atoms with Crippen LogP contribution >= 0.6 is 57.7 Å². The van der Waals surface area contributed by atoms with Gasteiger partial charge < -0.3 is 5.32 Å². The molecule has 0 fully saturated rings. The zero-order valence-corrected chi connectivity index (χ0v) is 19.2. The predicted molar refractivity (Wildman–Crippen MR) is 123 cm³/mol. The molecule has 1 amide bonds. The average molecular weight is 499 g/mol. The van der Waals surface area contributed by atoms with Gasteiger partial charge in [-0.2, -0.15) is 10.2 Å². The second kappa shape index (κ2) is 9.25. The molecule has 1 aliphatic heterocycles. The predicted octanol–water partition coefficient (Wildman–Crippen LogP) is 7.80. The molecule has 0 radical (unpaired) electrons. The number of nitrogens with zero attached hydrogens (tertiary/aromatic N) is 2. The molecule has 4 nitrogen and oxygen atoms in total. The number of carbonyl (C=O) groups is 1. The fraction of sp³-hybridized carbons (Fsp3) is 0.190. The molecule has 0 aliphatic carbocycles. The van der Waals surface area contributed by atoms with Crippen LogP contribution in [0.4, 0.5) is 0 Å². The SMILES string of the molecule is O=C(NC(c1ccc(Cl)cc1Cl)C1CC(c2ccc(Cl)cc2)N=N1)c1ccc(Cl)s1. The Bertz CT molecular complexity index is 1100. The van der Waals surface area contributed by atoms with Crippen molar-refractivity contribution < 1.29 is 4.79 Å². The summed E-state index contributed by atoms with van der Waals surface area (Å²) in [6, 6.07) is 15.2. The number of halogens is 4. The average Bonchev–Trinajstić information content (AvgIpc) is 3.36. The molecule has 9 heteroatoms. The van der Waals surface area contributed by atoms with Gasteiger partial charge in [0.25, 0.3) is 5.91 Å². The van der Waals surface area contributed by atoms with Crippen molar-refractivity contribution in [3.8, 4) is 0 Å². The Kier molecular flexibility index (Phi) is 6.66. The zero-order chi connectivity index (χ0) is 21.3. The molecule has 154 valence electrons. The van der Waals surface area contributed by atoms with Crippen LogP contribution in [-0.4, -0.2) is 11.9 Å². The quantitative estimate of drug-likeness (QED) is 0.383. The third kappa shape index (κ3) is 4.82. The minimum absolute atomic E-state index is 0.117. The largest absolute Gasteiger partial charge is 0.342 e. The molecule has 2 heterocycles. The second-order valence-electron chi connectivity index (χ2n) is 6.82. The maximum absolute atomic E-state index is 12.9. The third-order valence-electron chi connectivity index (χ3n) is 4.84. The third-order valence-corrected chi connectivity index (χ3v) is 6.88. The molecular formula is C21H15Cl4N3OS. The van der Waals surface area contributed by atoms with Crippen LogP contribution in [0.25, 0.3) is 0 Å². The minimum atomic E-state index is -0.468. The summed E-state index contributed by atoms with van der Waals surface area (Å²) in [6.45, 7) is 0. The smallest absolute Gasteiger partial charge is 0.261 e. The minimum Gasteiger partial charge on any atom is -0.342 e. The topological polar surface area (TPSA) is 53.8 Å². The highest BCUT2D eigenvalue weighted by Gasteiger charge is 2.34. The van der Waals surface area contributed by atoms with Crippen molar-refractivity contribution in [2.45, 2.75) is 24.5 Å². The van der Waals surface area contributed by atoms with Gasteiger partial charge >= 0.3 is 0 Å². The van der Waals surface area contributed by atoms with E-state index in [4.69, 9.17) is 46.4 Å². The van der Waals surface area contributed by atoms with Crippen LogP contribution < -0.4 is 5.32 Å². The van der Waals surface area contributed by atoms with Crippen molar-refractivity contribution in [1.82, 2.24) is 5.32 Å². The van der Waals surface area contributed by atoms with Crippen LogP contribution in [-0.2, 0) is 0 Å². The first-order valence-corrected chi connectivity index (χ1v) is 11.4. The van der Waals surface area contributed by atoms with Gasteiger partial charge in [0.05, 0.1) is 27.3 Å². The molecule has 3 atom stereocenters. The summed E-state index contributed by atoms with van der Waals surface area (Å²) in [7, 11) is 0. The van der Waals surface area contributed by atoms with E-state index in [0.717, 1.165) is 11.1 Å². The highest BCUT2D eigenvalue weighted by molar-refractivity contribution is 7.18. The van der Waals surface area contributed by atoms with Gasteiger partial charge in [0.2, 0.25) is 0 Å². The van der Waals surface area contributed by atoms with E-state index in [1.807, 2.05) is 30.3 Å². The lowest BCUT2D eigenvalue weighted by Gasteiger charge is -2.24. The van der Waals surface area contributed by atoms with E-state index in [2.05, 4.69) is 15.5 Å². The van der Waals surface area contributed by atoms with E-state index in [1.54, 1.807) is 24.3 Å². The van der Waals surface area contributed by atoms with Crippen LogP contribution in [0.5, 0.6) is 0 Å². The van der Waals surface area contributed by atoms with Crippen molar-refractivity contribution in [1.29, 1.82) is 0 Å². The summed E-state index contributed by atoms with van der Waals surface area (Å²) in [6.07, 6.45) is 0.622. The highest BCUT2D eigenvalue weighted by atomic mass is 35.5. The molecular weight excluding hydrogens is 484 g/mol. The van der Waals surface area contributed by atoms with Crippen molar-refractivity contribution in [3.05, 3.63) is 90.0 Å². The van der Waals surface area contributed by atoms with E-state index in [-0.39, 0.29) is 18.0 Å². The Hall–Kier alpha value is -1.63. The zero-order valence-electron chi connectivity index (χ0n) is 15.4. The number of amides is 1. The number of hydrogen-bond acceptors (Lipinski definition) is 4. The Morgan fingerprint density at radius 3 is 2.37 bits per heavy atom. The lowest BCUT2D eigenvalue weighted by molar-refractivity contribution is 0.0934. The van der Waals surface area contributed by atoms with Gasteiger partial charge in [-0.3, -0.25) is 4.79 Å². The van der Waals surface area contributed by atoms with Gasteiger partial charge in [0.15, 0.2) is 0 Å². The van der Waals surface area contributed by atoms with Gasteiger partial charge in [-0.1, -0.05) is 64.6 Å². The Morgan fingerprint density at radius 2 is 1.70 bits per heavy atom. The van der Waals surface area contributed by atoms with Gasteiger partial charge in [0, 0.05) is 21.5 Å². The molecule has 0 saturated carbocycles. The molecule has 30 heavy (non-hydrogen) atoms. The van der Waals surface area contributed by atoms with Crippen LogP contribution in [0.2, 0.25) is 19.4 Å². The Labute approximate surface area is 197 Å². The monoisotopic (exact) mass is 497 g/mol.